The van der Waals surface area contributed by atoms with Gasteiger partial charge < -0.3 is 24.4 Å². The van der Waals surface area contributed by atoms with Gasteiger partial charge >= 0.3 is 23.9 Å². The van der Waals surface area contributed by atoms with Crippen LogP contribution in [-0.2, 0) is 33.4 Å². The van der Waals surface area contributed by atoms with Crippen molar-refractivity contribution < 1.29 is 43.6 Å². The minimum atomic E-state index is -1.07. The third kappa shape index (κ3) is 21.0. The molecule has 0 spiro atoms. The highest BCUT2D eigenvalue weighted by Crippen LogP contribution is 2.42. The predicted octanol–water partition coefficient (Wildman–Crippen LogP) is 12.2. The summed E-state index contributed by atoms with van der Waals surface area (Å²) in [5, 5.41) is 19.5. The molecule has 56 heavy (non-hydrogen) atoms. The maximum Gasteiger partial charge on any atom is 0.333 e. The van der Waals surface area contributed by atoms with Crippen LogP contribution in [0.25, 0.3) is 0 Å². The van der Waals surface area contributed by atoms with Crippen LogP contribution in [0.4, 0.5) is 0 Å². The van der Waals surface area contributed by atoms with Crippen LogP contribution in [0, 0.1) is 17.8 Å². The fourth-order valence-electron chi connectivity index (χ4n) is 8.83. The van der Waals surface area contributed by atoms with E-state index < -0.39 is 30.2 Å². The zero-order valence-corrected chi connectivity index (χ0v) is 35.6. The summed E-state index contributed by atoms with van der Waals surface area (Å²) in [6.07, 6.45) is 35.7. The highest BCUT2D eigenvalue weighted by Gasteiger charge is 2.32. The number of carbonyl (C=O) groups excluding carboxylic acids is 2. The molecule has 0 aromatic carbocycles. The summed E-state index contributed by atoms with van der Waals surface area (Å²) in [5.41, 5.74) is 2.63. The van der Waals surface area contributed by atoms with Crippen molar-refractivity contribution in [2.45, 2.75) is 207 Å². The van der Waals surface area contributed by atoms with Crippen molar-refractivity contribution in [1.29, 1.82) is 0 Å². The molecule has 0 heterocycles. The lowest BCUT2D eigenvalue weighted by Crippen LogP contribution is -2.27. The second-order valence-corrected chi connectivity index (χ2v) is 16.5. The van der Waals surface area contributed by atoms with Crippen LogP contribution in [0.15, 0.2) is 34.9 Å². The Labute approximate surface area is 339 Å². The quantitative estimate of drug-likeness (QED) is 0.106. The molecule has 0 aliphatic heterocycles. The SMILES string of the molecule is C=C(CC=C(C)C(=O)O)C(=O)OCC(OCC)OC(C)=O.O=C(O)C(=C(C1CCCCCCCCC1)C1CCCCCCCCC1)C1CCCCCCCCC1. The third-order valence-electron chi connectivity index (χ3n) is 11.9. The number of aliphatic carboxylic acids is 2. The van der Waals surface area contributed by atoms with E-state index in [-0.39, 0.29) is 30.8 Å². The van der Waals surface area contributed by atoms with Gasteiger partial charge in [-0.1, -0.05) is 153 Å². The average molecular weight is 787 g/mol. The Hall–Kier alpha value is -2.94. The van der Waals surface area contributed by atoms with E-state index in [4.69, 9.17) is 19.3 Å². The lowest BCUT2D eigenvalue weighted by Gasteiger charge is -2.34. The van der Waals surface area contributed by atoms with Gasteiger partial charge in [-0.25, -0.2) is 14.4 Å². The minimum absolute atomic E-state index is 0.0594. The molecular formula is C47H78O9. The molecule has 0 aromatic rings. The number of hydrogen-bond donors (Lipinski definition) is 2. The van der Waals surface area contributed by atoms with E-state index in [1.807, 2.05) is 0 Å². The van der Waals surface area contributed by atoms with Gasteiger partial charge in [0.05, 0.1) is 0 Å². The van der Waals surface area contributed by atoms with Gasteiger partial charge in [-0.15, -0.1) is 0 Å². The van der Waals surface area contributed by atoms with E-state index in [9.17, 15) is 24.3 Å². The minimum Gasteiger partial charge on any atom is -0.478 e. The van der Waals surface area contributed by atoms with Crippen molar-refractivity contribution in [3.63, 3.8) is 0 Å². The number of ether oxygens (including phenoxy) is 3. The predicted molar refractivity (Wildman–Crippen MR) is 223 cm³/mol. The molecular weight excluding hydrogens is 709 g/mol. The van der Waals surface area contributed by atoms with E-state index in [0.29, 0.717) is 17.8 Å². The highest BCUT2D eigenvalue weighted by atomic mass is 16.7. The van der Waals surface area contributed by atoms with Gasteiger partial charge in [0.15, 0.2) is 6.61 Å². The lowest BCUT2D eigenvalue weighted by atomic mass is 9.71. The smallest absolute Gasteiger partial charge is 0.333 e. The number of carbonyl (C=O) groups is 4. The molecule has 0 radical (unpaired) electrons. The van der Waals surface area contributed by atoms with Crippen LogP contribution in [-0.4, -0.2) is 53.6 Å². The molecule has 0 aromatic heterocycles. The maximum absolute atomic E-state index is 13.2. The molecule has 1 atom stereocenters. The summed E-state index contributed by atoms with van der Waals surface area (Å²) in [4.78, 5) is 46.2. The van der Waals surface area contributed by atoms with Gasteiger partial charge in [0.1, 0.15) is 0 Å². The molecule has 2 N–H and O–H groups in total. The van der Waals surface area contributed by atoms with E-state index in [0.717, 1.165) is 18.4 Å². The lowest BCUT2D eigenvalue weighted by molar-refractivity contribution is -0.190. The van der Waals surface area contributed by atoms with Crippen LogP contribution in [0.5, 0.6) is 0 Å². The molecule has 9 heteroatoms. The van der Waals surface area contributed by atoms with E-state index in [1.54, 1.807) is 6.92 Å². The number of esters is 2. The number of carboxylic acid groups (broad SMARTS) is 2. The fraction of sp³-hybridized carbons (Fsp3) is 0.787. The standard InChI is InChI=1S/C33H58O2.C14H20O7/c34-33(35)32(30-26-20-14-8-3-9-15-21-27-30)31(28-22-16-10-4-1-5-11-17-23-28)29-24-18-12-6-2-7-13-19-25-29;1-5-19-12(21-11(4)15)8-20-14(18)10(3)7-6-9(2)13(16)17/h28-30H,1-27H2,(H,34,35);6,12H,3,5,7-8H2,1-2,4H3,(H,16,17). The third-order valence-corrected chi connectivity index (χ3v) is 11.9. The first kappa shape index (κ1) is 49.2. The summed E-state index contributed by atoms with van der Waals surface area (Å²) >= 11 is 0. The molecule has 0 bridgehead atoms. The van der Waals surface area contributed by atoms with Gasteiger partial charge in [0.25, 0.3) is 0 Å². The van der Waals surface area contributed by atoms with E-state index >= 15 is 0 Å². The zero-order chi connectivity index (χ0) is 41.0. The summed E-state index contributed by atoms with van der Waals surface area (Å²) in [5.74, 6) is -1.51. The largest absolute Gasteiger partial charge is 0.478 e. The van der Waals surface area contributed by atoms with Crippen molar-refractivity contribution in [1.82, 2.24) is 0 Å². The molecule has 9 nitrogen and oxygen atoms in total. The first-order valence-corrected chi connectivity index (χ1v) is 22.6. The molecule has 3 rings (SSSR count). The Kier molecular flexibility index (Phi) is 26.5. The molecule has 3 saturated carbocycles. The molecule has 3 fully saturated rings. The van der Waals surface area contributed by atoms with Crippen molar-refractivity contribution in [2.75, 3.05) is 13.2 Å². The molecule has 3 aliphatic carbocycles. The molecule has 3 aliphatic rings. The van der Waals surface area contributed by atoms with E-state index in [2.05, 4.69) is 6.58 Å². The summed E-state index contributed by atoms with van der Waals surface area (Å²) in [7, 11) is 0. The zero-order valence-electron chi connectivity index (χ0n) is 35.6. The average Bonchev–Trinajstić information content (AvgIpc) is 3.18. The van der Waals surface area contributed by atoms with Gasteiger partial charge in [-0.05, 0) is 76.5 Å². The Morgan fingerprint density at radius 2 is 0.982 bits per heavy atom. The Bertz CT molecular complexity index is 1180. The van der Waals surface area contributed by atoms with Gasteiger partial charge in [0, 0.05) is 30.2 Å². The van der Waals surface area contributed by atoms with Crippen LogP contribution >= 0.6 is 0 Å². The van der Waals surface area contributed by atoms with E-state index in [1.165, 1.54) is 186 Å². The number of rotatable bonds is 13. The van der Waals surface area contributed by atoms with Gasteiger partial charge in [-0.3, -0.25) is 4.79 Å². The van der Waals surface area contributed by atoms with Crippen LogP contribution in [0.1, 0.15) is 201 Å². The summed E-state index contributed by atoms with van der Waals surface area (Å²) in [6, 6.07) is 0. The summed E-state index contributed by atoms with van der Waals surface area (Å²) in [6.45, 7) is 7.87. The Balaban J connectivity index is 0.000000443. The Morgan fingerprint density at radius 3 is 1.32 bits per heavy atom. The second kappa shape index (κ2) is 30.2. The normalized spacial score (nSPS) is 20.2. The van der Waals surface area contributed by atoms with Crippen molar-refractivity contribution in [3.05, 3.63) is 34.9 Å². The molecule has 0 saturated heterocycles. The van der Waals surface area contributed by atoms with Gasteiger partial charge in [-0.2, -0.15) is 0 Å². The topological polar surface area (TPSA) is 136 Å². The van der Waals surface area contributed by atoms with Crippen LogP contribution < -0.4 is 0 Å². The Morgan fingerprint density at radius 1 is 0.607 bits per heavy atom. The fourth-order valence-corrected chi connectivity index (χ4v) is 8.83. The van der Waals surface area contributed by atoms with Gasteiger partial charge in [0.2, 0.25) is 6.29 Å². The van der Waals surface area contributed by atoms with Crippen molar-refractivity contribution >= 4 is 23.9 Å². The molecule has 1 unspecified atom stereocenters. The maximum atomic E-state index is 13.2. The van der Waals surface area contributed by atoms with Crippen LogP contribution in [0.3, 0.4) is 0 Å². The second-order valence-electron chi connectivity index (χ2n) is 16.5. The highest BCUT2D eigenvalue weighted by molar-refractivity contribution is 5.89. The first-order chi connectivity index (χ1) is 27.0. The molecule has 320 valence electrons. The van der Waals surface area contributed by atoms with Crippen LogP contribution in [0.2, 0.25) is 0 Å². The molecule has 0 amide bonds. The monoisotopic (exact) mass is 787 g/mol. The van der Waals surface area contributed by atoms with Crippen molar-refractivity contribution in [2.24, 2.45) is 17.8 Å². The first-order valence-electron chi connectivity index (χ1n) is 22.6. The number of hydrogen-bond acceptors (Lipinski definition) is 7. The number of allylic oxidation sites excluding steroid dienone is 2. The van der Waals surface area contributed by atoms with Crippen molar-refractivity contribution in [3.8, 4) is 0 Å². The number of carboxylic acids is 2. The summed E-state index contributed by atoms with van der Waals surface area (Å²) < 4.78 is 14.8.